The second-order valence-corrected chi connectivity index (χ2v) is 3.81. The van der Waals surface area contributed by atoms with E-state index in [1.807, 2.05) is 24.3 Å². The molecular weight excluding hydrogens is 244 g/mol. The molecule has 0 unspecified atom stereocenters. The van der Waals surface area contributed by atoms with Gasteiger partial charge < -0.3 is 9.73 Å². The maximum absolute atomic E-state index is 11.6. The molecule has 2 N–H and O–H groups in total. The third-order valence-electron chi connectivity index (χ3n) is 2.45. The summed E-state index contributed by atoms with van der Waals surface area (Å²) in [6.07, 6.45) is 4.43. The lowest BCUT2D eigenvalue weighted by Gasteiger charge is -1.94. The smallest absolute Gasteiger partial charge is 0.249 e. The Morgan fingerprint density at radius 1 is 1.32 bits per heavy atom. The number of carbonyl (C=O) groups excluding carboxylic acids is 1. The molecule has 0 radical (unpaired) electrons. The van der Waals surface area contributed by atoms with Crippen LogP contribution < -0.4 is 5.32 Å². The molecule has 3 aromatic rings. The summed E-state index contributed by atoms with van der Waals surface area (Å²) in [6, 6.07) is 9.08. The number of amides is 1. The Balaban J connectivity index is 1.73. The molecule has 0 aliphatic carbocycles. The largest absolute Gasteiger partial charge is 0.437 e. The number of nitrogens with one attached hydrogen (secondary N) is 2. The fourth-order valence-corrected chi connectivity index (χ4v) is 1.61. The van der Waals surface area contributed by atoms with Gasteiger partial charge in [0, 0.05) is 18.2 Å². The number of aromatic nitrogens is 3. The molecule has 2 heterocycles. The van der Waals surface area contributed by atoms with E-state index >= 15 is 0 Å². The van der Waals surface area contributed by atoms with Crippen LogP contribution in [0.1, 0.15) is 5.89 Å². The fourth-order valence-electron chi connectivity index (χ4n) is 1.61. The van der Waals surface area contributed by atoms with Crippen molar-refractivity contribution in [3.63, 3.8) is 0 Å². The van der Waals surface area contributed by atoms with Gasteiger partial charge in [0.1, 0.15) is 11.3 Å². The topological polar surface area (TPSA) is 83.8 Å². The van der Waals surface area contributed by atoms with Gasteiger partial charge in [-0.25, -0.2) is 4.98 Å². The van der Waals surface area contributed by atoms with Crippen LogP contribution in [0.5, 0.6) is 0 Å². The van der Waals surface area contributed by atoms with Crippen LogP contribution in [0.25, 0.3) is 17.2 Å². The molecule has 0 atom stereocenters. The summed E-state index contributed by atoms with van der Waals surface area (Å²) >= 11 is 0. The molecule has 0 aliphatic rings. The zero-order chi connectivity index (χ0) is 13.1. The van der Waals surface area contributed by atoms with Crippen LogP contribution in [0.15, 0.2) is 47.0 Å². The highest BCUT2D eigenvalue weighted by Gasteiger charge is 2.03. The SMILES string of the molecule is O=C(C=Cc1nc2ccccc2o1)Nc1ccn[nH]1. The summed E-state index contributed by atoms with van der Waals surface area (Å²) in [6.45, 7) is 0. The van der Waals surface area contributed by atoms with Crippen molar-refractivity contribution in [2.24, 2.45) is 0 Å². The van der Waals surface area contributed by atoms with E-state index in [0.29, 0.717) is 17.3 Å². The number of aromatic amines is 1. The Morgan fingerprint density at radius 3 is 3.00 bits per heavy atom. The van der Waals surface area contributed by atoms with Crippen LogP contribution in [0.3, 0.4) is 0 Å². The normalized spacial score (nSPS) is 11.2. The number of H-pyrrole nitrogens is 1. The van der Waals surface area contributed by atoms with Crippen LogP contribution in [0, 0.1) is 0 Å². The summed E-state index contributed by atoms with van der Waals surface area (Å²) in [5.74, 6) is 0.639. The van der Waals surface area contributed by atoms with E-state index in [9.17, 15) is 4.79 Å². The summed E-state index contributed by atoms with van der Waals surface area (Å²) in [4.78, 5) is 15.8. The van der Waals surface area contributed by atoms with Crippen molar-refractivity contribution in [3.05, 3.63) is 48.5 Å². The van der Waals surface area contributed by atoms with Crippen LogP contribution in [0.2, 0.25) is 0 Å². The van der Waals surface area contributed by atoms with Gasteiger partial charge in [-0.15, -0.1) is 0 Å². The number of hydrogen-bond donors (Lipinski definition) is 2. The van der Waals surface area contributed by atoms with Crippen LogP contribution in [-0.2, 0) is 4.79 Å². The van der Waals surface area contributed by atoms with Crippen molar-refractivity contribution in [1.29, 1.82) is 0 Å². The monoisotopic (exact) mass is 254 g/mol. The predicted molar refractivity (Wildman–Crippen MR) is 70.3 cm³/mol. The third kappa shape index (κ3) is 2.52. The lowest BCUT2D eigenvalue weighted by molar-refractivity contribution is -0.111. The van der Waals surface area contributed by atoms with Crippen molar-refractivity contribution in [2.45, 2.75) is 0 Å². The standard InChI is InChI=1S/C13H10N4O2/c18-12(16-11-7-8-14-17-11)5-6-13-15-9-3-1-2-4-10(9)19-13/h1-8H,(H2,14,16,17,18). The van der Waals surface area contributed by atoms with E-state index < -0.39 is 0 Å². The predicted octanol–water partition coefficient (Wildman–Crippen LogP) is 2.20. The van der Waals surface area contributed by atoms with Gasteiger partial charge in [-0.1, -0.05) is 12.1 Å². The van der Waals surface area contributed by atoms with Crippen molar-refractivity contribution in [2.75, 3.05) is 5.32 Å². The van der Waals surface area contributed by atoms with E-state index in [4.69, 9.17) is 4.42 Å². The number of nitrogens with zero attached hydrogens (tertiary/aromatic N) is 2. The van der Waals surface area contributed by atoms with E-state index in [0.717, 1.165) is 5.52 Å². The highest BCUT2D eigenvalue weighted by atomic mass is 16.3. The molecule has 0 saturated heterocycles. The Bertz CT molecular complexity index is 695. The van der Waals surface area contributed by atoms with Gasteiger partial charge in [-0.05, 0) is 12.1 Å². The van der Waals surface area contributed by atoms with Crippen molar-refractivity contribution < 1.29 is 9.21 Å². The fraction of sp³-hybridized carbons (Fsp3) is 0. The number of carbonyl (C=O) groups is 1. The quantitative estimate of drug-likeness (QED) is 0.702. The first-order chi connectivity index (χ1) is 9.31. The second kappa shape index (κ2) is 4.77. The van der Waals surface area contributed by atoms with Gasteiger partial charge in [0.05, 0.1) is 6.20 Å². The maximum Gasteiger partial charge on any atom is 0.249 e. The number of hydrogen-bond acceptors (Lipinski definition) is 4. The van der Waals surface area contributed by atoms with Gasteiger partial charge >= 0.3 is 0 Å². The van der Waals surface area contributed by atoms with E-state index in [-0.39, 0.29) is 5.91 Å². The van der Waals surface area contributed by atoms with Gasteiger partial charge in [0.25, 0.3) is 0 Å². The Morgan fingerprint density at radius 2 is 2.21 bits per heavy atom. The van der Waals surface area contributed by atoms with Gasteiger partial charge in [0.15, 0.2) is 5.58 Å². The number of benzene rings is 1. The maximum atomic E-state index is 11.6. The zero-order valence-corrected chi connectivity index (χ0v) is 9.83. The summed E-state index contributed by atoms with van der Waals surface area (Å²) in [7, 11) is 0. The second-order valence-electron chi connectivity index (χ2n) is 3.81. The van der Waals surface area contributed by atoms with E-state index in [2.05, 4.69) is 20.5 Å². The highest BCUT2D eigenvalue weighted by molar-refractivity contribution is 6.01. The molecule has 0 fully saturated rings. The molecule has 0 saturated carbocycles. The first kappa shape index (κ1) is 11.2. The molecule has 0 bridgehead atoms. The number of rotatable bonds is 3. The van der Waals surface area contributed by atoms with E-state index in [1.165, 1.54) is 12.2 Å². The minimum Gasteiger partial charge on any atom is -0.437 e. The highest BCUT2D eigenvalue weighted by Crippen LogP contribution is 2.15. The molecule has 3 rings (SSSR count). The molecular formula is C13H10N4O2. The molecule has 2 aromatic heterocycles. The average Bonchev–Trinajstić information content (AvgIpc) is 3.04. The lowest BCUT2D eigenvalue weighted by Crippen LogP contribution is -2.07. The molecule has 1 aromatic carbocycles. The molecule has 94 valence electrons. The van der Waals surface area contributed by atoms with Crippen LogP contribution in [0.4, 0.5) is 5.82 Å². The zero-order valence-electron chi connectivity index (χ0n) is 9.83. The van der Waals surface area contributed by atoms with Gasteiger partial charge in [0.2, 0.25) is 11.8 Å². The minimum absolute atomic E-state index is 0.286. The summed E-state index contributed by atoms with van der Waals surface area (Å²) in [5.41, 5.74) is 1.45. The molecule has 6 heteroatoms. The molecule has 19 heavy (non-hydrogen) atoms. The molecule has 6 nitrogen and oxygen atoms in total. The lowest BCUT2D eigenvalue weighted by atomic mass is 10.3. The number of para-hydroxylation sites is 2. The van der Waals surface area contributed by atoms with E-state index in [1.54, 1.807) is 12.3 Å². The summed E-state index contributed by atoms with van der Waals surface area (Å²) < 4.78 is 5.46. The van der Waals surface area contributed by atoms with Crippen LogP contribution >= 0.6 is 0 Å². The van der Waals surface area contributed by atoms with Gasteiger partial charge in [-0.3, -0.25) is 9.89 Å². The van der Waals surface area contributed by atoms with Crippen molar-refractivity contribution >= 4 is 28.9 Å². The van der Waals surface area contributed by atoms with Crippen molar-refractivity contribution in [1.82, 2.24) is 15.2 Å². The Labute approximate surface area is 108 Å². The van der Waals surface area contributed by atoms with Crippen LogP contribution in [-0.4, -0.2) is 21.1 Å². The average molecular weight is 254 g/mol. The number of anilines is 1. The van der Waals surface area contributed by atoms with Crippen molar-refractivity contribution in [3.8, 4) is 0 Å². The first-order valence-corrected chi connectivity index (χ1v) is 5.65. The Kier molecular flexibility index (Phi) is 2.82. The first-order valence-electron chi connectivity index (χ1n) is 5.65. The minimum atomic E-state index is -0.286. The Hall–Kier alpha value is -2.89. The summed E-state index contributed by atoms with van der Waals surface area (Å²) in [5, 5.41) is 8.97. The molecule has 0 aliphatic heterocycles. The number of oxazole rings is 1. The third-order valence-corrected chi connectivity index (χ3v) is 2.45. The molecule has 1 amide bonds. The number of fused-ring (bicyclic) bond motifs is 1. The van der Waals surface area contributed by atoms with Gasteiger partial charge in [-0.2, -0.15) is 5.10 Å². The molecule has 0 spiro atoms.